The lowest BCUT2D eigenvalue weighted by atomic mass is 10.1. The topological polar surface area (TPSA) is 38.2 Å². The monoisotopic (exact) mass is 295 g/mol. The lowest BCUT2D eigenvalue weighted by Gasteiger charge is -2.32. The van der Waals surface area contributed by atoms with Gasteiger partial charge < -0.3 is 9.64 Å². The smallest absolute Gasteiger partial charge is 0.273 e. The minimum Gasteiger partial charge on any atom is -0.467 e. The van der Waals surface area contributed by atoms with Gasteiger partial charge >= 0.3 is 0 Å². The number of ether oxygens (including phenoxy) is 1. The zero-order valence-corrected chi connectivity index (χ0v) is 11.9. The number of piperidine rings is 1. The Bertz CT molecular complexity index is 526. The number of pyridine rings is 1. The third-order valence-corrected chi connectivity index (χ3v) is 4.11. The van der Waals surface area contributed by atoms with E-state index in [-0.39, 0.29) is 6.10 Å². The summed E-state index contributed by atoms with van der Waals surface area (Å²) in [4.78, 5) is 10.7. The molecule has 1 aliphatic rings. The van der Waals surface area contributed by atoms with Crippen molar-refractivity contribution in [3.63, 3.8) is 0 Å². The van der Waals surface area contributed by atoms with Gasteiger partial charge in [0.25, 0.3) is 5.19 Å². The minimum atomic E-state index is 0.241. The molecule has 0 amide bonds. The summed E-state index contributed by atoms with van der Waals surface area (Å²) >= 11 is 7.70. The van der Waals surface area contributed by atoms with Crippen molar-refractivity contribution in [1.29, 1.82) is 0 Å². The van der Waals surface area contributed by atoms with E-state index in [2.05, 4.69) is 14.9 Å². The summed E-state index contributed by atoms with van der Waals surface area (Å²) in [6.45, 7) is 1.82. The minimum absolute atomic E-state index is 0.241. The van der Waals surface area contributed by atoms with Crippen molar-refractivity contribution < 1.29 is 4.74 Å². The van der Waals surface area contributed by atoms with E-state index in [9.17, 15) is 0 Å². The van der Waals surface area contributed by atoms with E-state index in [1.165, 1.54) is 11.3 Å². The van der Waals surface area contributed by atoms with Crippen molar-refractivity contribution in [1.82, 2.24) is 9.97 Å². The summed E-state index contributed by atoms with van der Waals surface area (Å²) in [6, 6.07) is 3.73. The Labute approximate surface area is 121 Å². The molecule has 0 unspecified atom stereocenters. The summed E-state index contributed by atoms with van der Waals surface area (Å²) < 4.78 is 5.84. The number of rotatable bonds is 3. The lowest BCUT2D eigenvalue weighted by Crippen LogP contribution is -2.38. The first-order valence-corrected chi connectivity index (χ1v) is 7.50. The molecule has 0 radical (unpaired) electrons. The number of hydrogen-bond donors (Lipinski definition) is 0. The largest absolute Gasteiger partial charge is 0.467 e. The second kappa shape index (κ2) is 5.75. The van der Waals surface area contributed by atoms with Crippen LogP contribution in [0.4, 0.5) is 5.82 Å². The predicted molar refractivity (Wildman–Crippen MR) is 77.2 cm³/mol. The number of hydrogen-bond acceptors (Lipinski definition) is 5. The molecule has 4 nitrogen and oxygen atoms in total. The molecular formula is C13H14ClN3OS. The van der Waals surface area contributed by atoms with Gasteiger partial charge in [0, 0.05) is 43.7 Å². The first kappa shape index (κ1) is 12.7. The van der Waals surface area contributed by atoms with Crippen LogP contribution in [0.25, 0.3) is 0 Å². The maximum atomic E-state index is 6.17. The molecule has 1 aliphatic heterocycles. The van der Waals surface area contributed by atoms with Crippen LogP contribution in [0.3, 0.4) is 0 Å². The molecule has 100 valence electrons. The molecule has 2 aromatic rings. The number of aromatic nitrogens is 2. The highest BCUT2D eigenvalue weighted by Gasteiger charge is 2.23. The summed E-state index contributed by atoms with van der Waals surface area (Å²) in [7, 11) is 0. The molecule has 1 saturated heterocycles. The Morgan fingerprint density at radius 1 is 1.26 bits per heavy atom. The molecular weight excluding hydrogens is 282 g/mol. The van der Waals surface area contributed by atoms with Crippen LogP contribution in [0.2, 0.25) is 5.02 Å². The van der Waals surface area contributed by atoms with Crippen molar-refractivity contribution in [2.75, 3.05) is 18.0 Å². The highest BCUT2D eigenvalue weighted by Crippen LogP contribution is 2.27. The Hall–Kier alpha value is -1.33. The van der Waals surface area contributed by atoms with Crippen LogP contribution in [-0.2, 0) is 0 Å². The van der Waals surface area contributed by atoms with Crippen LogP contribution in [0.5, 0.6) is 5.19 Å². The second-order valence-corrected chi connectivity index (χ2v) is 5.68. The second-order valence-electron chi connectivity index (χ2n) is 4.41. The van der Waals surface area contributed by atoms with Gasteiger partial charge in [0.2, 0.25) is 0 Å². The van der Waals surface area contributed by atoms with Gasteiger partial charge in [-0.15, -0.1) is 0 Å². The maximum Gasteiger partial charge on any atom is 0.273 e. The fourth-order valence-corrected chi connectivity index (χ4v) is 3.00. The SMILES string of the molecule is Clc1cccnc1N1CCC(Oc2nccs2)CC1. The molecule has 19 heavy (non-hydrogen) atoms. The Morgan fingerprint density at radius 2 is 2.11 bits per heavy atom. The maximum absolute atomic E-state index is 6.17. The van der Waals surface area contributed by atoms with Crippen LogP contribution >= 0.6 is 22.9 Å². The third-order valence-electron chi connectivity index (χ3n) is 3.16. The molecule has 1 fully saturated rings. The van der Waals surface area contributed by atoms with Crippen molar-refractivity contribution in [2.45, 2.75) is 18.9 Å². The number of anilines is 1. The zero-order valence-electron chi connectivity index (χ0n) is 10.3. The molecule has 0 bridgehead atoms. The van der Waals surface area contributed by atoms with Crippen LogP contribution in [-0.4, -0.2) is 29.2 Å². The average molecular weight is 296 g/mol. The van der Waals surface area contributed by atoms with Crippen molar-refractivity contribution in [2.24, 2.45) is 0 Å². The summed E-state index contributed by atoms with van der Waals surface area (Å²) in [5.74, 6) is 0.872. The third kappa shape index (κ3) is 2.98. The molecule has 0 aromatic carbocycles. The van der Waals surface area contributed by atoms with E-state index in [0.717, 1.165) is 36.9 Å². The van der Waals surface area contributed by atoms with Gasteiger partial charge in [-0.25, -0.2) is 9.97 Å². The van der Waals surface area contributed by atoms with Gasteiger partial charge in [-0.05, 0) is 12.1 Å². The molecule has 6 heteroatoms. The fourth-order valence-electron chi connectivity index (χ4n) is 2.21. The molecule has 0 N–H and O–H groups in total. The van der Waals surface area contributed by atoms with Gasteiger partial charge in [0.15, 0.2) is 0 Å². The van der Waals surface area contributed by atoms with Crippen LogP contribution in [0.15, 0.2) is 29.9 Å². The summed E-state index contributed by atoms with van der Waals surface area (Å²) in [6.07, 6.45) is 5.71. The van der Waals surface area contributed by atoms with Gasteiger partial charge in [0.05, 0.1) is 5.02 Å². The number of thiazole rings is 1. The molecule has 0 saturated carbocycles. The van der Waals surface area contributed by atoms with Crippen LogP contribution in [0, 0.1) is 0 Å². The van der Waals surface area contributed by atoms with E-state index in [1.54, 1.807) is 12.4 Å². The van der Waals surface area contributed by atoms with E-state index in [1.807, 2.05) is 17.5 Å². The van der Waals surface area contributed by atoms with Gasteiger partial charge in [-0.2, -0.15) is 0 Å². The van der Waals surface area contributed by atoms with Crippen LogP contribution < -0.4 is 9.64 Å². The fraction of sp³-hybridized carbons (Fsp3) is 0.385. The summed E-state index contributed by atoms with van der Waals surface area (Å²) in [5, 5.41) is 3.40. The van der Waals surface area contributed by atoms with Crippen LogP contribution in [0.1, 0.15) is 12.8 Å². The molecule has 3 heterocycles. The standard InChI is InChI=1S/C13H14ClN3OS/c14-11-2-1-5-15-12(11)17-7-3-10(4-8-17)18-13-16-6-9-19-13/h1-2,5-6,9-10H,3-4,7-8H2. The first-order valence-electron chi connectivity index (χ1n) is 6.24. The first-order chi connectivity index (χ1) is 9.33. The zero-order chi connectivity index (χ0) is 13.1. The average Bonchev–Trinajstić information content (AvgIpc) is 2.93. The highest BCUT2D eigenvalue weighted by atomic mass is 35.5. The molecule has 3 rings (SSSR count). The number of halogens is 1. The van der Waals surface area contributed by atoms with E-state index in [0.29, 0.717) is 5.02 Å². The Morgan fingerprint density at radius 3 is 2.79 bits per heavy atom. The molecule has 0 spiro atoms. The van der Waals surface area contributed by atoms with Gasteiger partial charge in [-0.1, -0.05) is 22.9 Å². The van der Waals surface area contributed by atoms with E-state index in [4.69, 9.17) is 16.3 Å². The normalized spacial score (nSPS) is 16.6. The highest BCUT2D eigenvalue weighted by molar-refractivity contribution is 7.11. The predicted octanol–water partition coefficient (Wildman–Crippen LogP) is 3.24. The van der Waals surface area contributed by atoms with Crippen molar-refractivity contribution in [3.05, 3.63) is 34.9 Å². The molecule has 2 aromatic heterocycles. The Kier molecular flexibility index (Phi) is 3.84. The van der Waals surface area contributed by atoms with Crippen molar-refractivity contribution in [3.8, 4) is 5.19 Å². The van der Waals surface area contributed by atoms with Crippen molar-refractivity contribution >= 4 is 28.8 Å². The summed E-state index contributed by atoms with van der Waals surface area (Å²) in [5.41, 5.74) is 0. The van der Waals surface area contributed by atoms with E-state index < -0.39 is 0 Å². The molecule has 0 atom stereocenters. The van der Waals surface area contributed by atoms with Gasteiger partial charge in [0.1, 0.15) is 11.9 Å². The molecule has 0 aliphatic carbocycles. The lowest BCUT2D eigenvalue weighted by molar-refractivity contribution is 0.170. The van der Waals surface area contributed by atoms with Gasteiger partial charge in [-0.3, -0.25) is 0 Å². The Balaban J connectivity index is 1.59. The quantitative estimate of drug-likeness (QED) is 0.871. The number of nitrogens with zero attached hydrogens (tertiary/aromatic N) is 3. The van der Waals surface area contributed by atoms with E-state index >= 15 is 0 Å².